The van der Waals surface area contributed by atoms with Crippen molar-refractivity contribution in [1.82, 2.24) is 0 Å². The lowest BCUT2D eigenvalue weighted by Gasteiger charge is -2.18. The van der Waals surface area contributed by atoms with E-state index in [2.05, 4.69) is 124 Å². The molecule has 0 aliphatic carbocycles. The summed E-state index contributed by atoms with van der Waals surface area (Å²) in [4.78, 5) is 38.2. The van der Waals surface area contributed by atoms with Gasteiger partial charge in [-0.25, -0.2) is 0 Å². The van der Waals surface area contributed by atoms with E-state index in [0.717, 1.165) is 116 Å². The van der Waals surface area contributed by atoms with Gasteiger partial charge in [-0.1, -0.05) is 278 Å². The predicted molar refractivity (Wildman–Crippen MR) is 316 cm³/mol. The minimum atomic E-state index is -0.819. The fourth-order valence-corrected chi connectivity index (χ4v) is 8.31. The Morgan fingerprint density at radius 2 is 0.562 bits per heavy atom. The van der Waals surface area contributed by atoms with Crippen molar-refractivity contribution in [2.75, 3.05) is 13.2 Å². The third-order valence-corrected chi connectivity index (χ3v) is 12.8. The average Bonchev–Trinajstić information content (AvgIpc) is 3.39. The first-order chi connectivity index (χ1) is 36.0. The molecule has 0 unspecified atom stereocenters. The molecule has 6 nitrogen and oxygen atoms in total. The van der Waals surface area contributed by atoms with Crippen molar-refractivity contribution >= 4 is 17.9 Å². The zero-order valence-corrected chi connectivity index (χ0v) is 47.6. The number of allylic oxidation sites excluding steroid dienone is 18. The Hall–Kier alpha value is -3.93. The molecule has 0 aliphatic heterocycles. The van der Waals surface area contributed by atoms with E-state index in [-0.39, 0.29) is 37.5 Å². The van der Waals surface area contributed by atoms with E-state index in [4.69, 9.17) is 14.2 Å². The van der Waals surface area contributed by atoms with Gasteiger partial charge in [-0.05, 0) is 89.9 Å². The van der Waals surface area contributed by atoms with Crippen molar-refractivity contribution in [1.29, 1.82) is 0 Å². The lowest BCUT2D eigenvalue weighted by Crippen LogP contribution is -2.30. The van der Waals surface area contributed by atoms with Crippen molar-refractivity contribution in [2.45, 2.75) is 284 Å². The molecule has 0 spiro atoms. The molecule has 0 aromatic heterocycles. The number of hydrogen-bond donors (Lipinski definition) is 0. The van der Waals surface area contributed by atoms with Crippen LogP contribution in [0.3, 0.4) is 0 Å². The van der Waals surface area contributed by atoms with Gasteiger partial charge in [0.25, 0.3) is 0 Å². The first kappa shape index (κ1) is 69.1. The van der Waals surface area contributed by atoms with Crippen LogP contribution < -0.4 is 0 Å². The molecule has 0 amide bonds. The third-order valence-electron chi connectivity index (χ3n) is 12.8. The standard InChI is InChI=1S/C67H112O6/c1-4-7-10-13-16-19-22-25-28-30-32-33-35-37-40-42-45-48-51-54-57-60-66(69)72-63-64(73-67(70)61-58-55-52-49-46-43-38-27-24-21-18-15-12-9-6-3)62-71-65(68)59-56-53-50-47-44-41-39-36-34-31-29-26-23-20-17-14-11-8-5-2/h8-9,11-12,17-18,20-21,26-27,29,34,36,38,41,44,50,53,64H,4-7,10,13-16,19,22-25,28,30-33,35,37,39-40,42-43,45-49,51-52,54-63H2,1-3H3/b11-8-,12-9-,20-17-,21-18-,29-26-,36-34-,38-27-,44-41-,53-50-/t64-/m1/s1. The summed E-state index contributed by atoms with van der Waals surface area (Å²) >= 11 is 0. The highest BCUT2D eigenvalue weighted by atomic mass is 16.6. The predicted octanol–water partition coefficient (Wildman–Crippen LogP) is 20.7. The van der Waals surface area contributed by atoms with Gasteiger partial charge in [0.15, 0.2) is 6.10 Å². The summed E-state index contributed by atoms with van der Waals surface area (Å²) in [6.07, 6.45) is 82.5. The van der Waals surface area contributed by atoms with Gasteiger partial charge in [0.1, 0.15) is 13.2 Å². The molecule has 0 N–H and O–H groups in total. The van der Waals surface area contributed by atoms with Gasteiger partial charge in [0, 0.05) is 19.3 Å². The Bertz CT molecular complexity index is 1490. The smallest absolute Gasteiger partial charge is 0.306 e. The van der Waals surface area contributed by atoms with Gasteiger partial charge in [-0.3, -0.25) is 14.4 Å². The number of rotatable bonds is 54. The van der Waals surface area contributed by atoms with Crippen LogP contribution in [0.4, 0.5) is 0 Å². The molecule has 0 aromatic carbocycles. The monoisotopic (exact) mass is 1010 g/mol. The molecule has 416 valence electrons. The molecule has 0 rings (SSSR count). The van der Waals surface area contributed by atoms with E-state index in [0.29, 0.717) is 19.3 Å². The second kappa shape index (κ2) is 60.6. The number of carbonyl (C=O) groups excluding carboxylic acids is 3. The highest BCUT2D eigenvalue weighted by Crippen LogP contribution is 2.16. The Kier molecular flexibility index (Phi) is 57.4. The summed E-state index contributed by atoms with van der Waals surface area (Å²) in [5.74, 6) is -1.01. The minimum absolute atomic E-state index is 0.108. The fraction of sp³-hybridized carbons (Fsp3) is 0.687. The second-order valence-corrected chi connectivity index (χ2v) is 19.9. The lowest BCUT2D eigenvalue weighted by molar-refractivity contribution is -0.166. The van der Waals surface area contributed by atoms with E-state index < -0.39 is 6.10 Å². The van der Waals surface area contributed by atoms with Crippen LogP contribution in [0.1, 0.15) is 278 Å². The lowest BCUT2D eigenvalue weighted by atomic mass is 10.0. The Labute approximate surface area is 450 Å². The van der Waals surface area contributed by atoms with E-state index in [1.165, 1.54) is 116 Å². The Morgan fingerprint density at radius 3 is 0.918 bits per heavy atom. The number of ether oxygens (including phenoxy) is 3. The molecular weight excluding hydrogens is 901 g/mol. The number of unbranched alkanes of at least 4 members (excludes halogenated alkanes) is 25. The van der Waals surface area contributed by atoms with Gasteiger partial charge >= 0.3 is 17.9 Å². The summed E-state index contributed by atoms with van der Waals surface area (Å²) in [6, 6.07) is 0. The second-order valence-electron chi connectivity index (χ2n) is 19.9. The first-order valence-electron chi connectivity index (χ1n) is 30.4. The van der Waals surface area contributed by atoms with Crippen molar-refractivity contribution in [2.24, 2.45) is 0 Å². The highest BCUT2D eigenvalue weighted by Gasteiger charge is 2.19. The van der Waals surface area contributed by atoms with Crippen LogP contribution in [0.2, 0.25) is 0 Å². The van der Waals surface area contributed by atoms with Crippen LogP contribution in [-0.2, 0) is 28.6 Å². The molecule has 1 atom stereocenters. The van der Waals surface area contributed by atoms with Gasteiger partial charge in [-0.15, -0.1) is 0 Å². The molecule has 0 heterocycles. The van der Waals surface area contributed by atoms with E-state index in [9.17, 15) is 14.4 Å². The maximum Gasteiger partial charge on any atom is 0.306 e. The summed E-state index contributed by atoms with van der Waals surface area (Å²) in [7, 11) is 0. The van der Waals surface area contributed by atoms with Gasteiger partial charge in [0.2, 0.25) is 0 Å². The number of hydrogen-bond acceptors (Lipinski definition) is 6. The van der Waals surface area contributed by atoms with Crippen LogP contribution in [0, 0.1) is 0 Å². The molecule has 0 saturated carbocycles. The SMILES string of the molecule is CC/C=C\C/C=C\C/C=C\C/C=C\C/C=C\C/C=C\CCC(=O)OC[C@H](COC(=O)CCCCCCCCCCCCCCCCCCCCCCC)OC(=O)CCCCCCC/C=C\C/C=C\C/C=C\CC. The minimum Gasteiger partial charge on any atom is -0.462 e. The molecule has 6 heteroatoms. The molecule has 0 fully saturated rings. The number of esters is 3. The van der Waals surface area contributed by atoms with E-state index >= 15 is 0 Å². The van der Waals surface area contributed by atoms with E-state index in [1.54, 1.807) is 0 Å². The van der Waals surface area contributed by atoms with Crippen LogP contribution >= 0.6 is 0 Å². The quantitative estimate of drug-likeness (QED) is 0.0261. The topological polar surface area (TPSA) is 78.9 Å². The van der Waals surface area contributed by atoms with Crippen LogP contribution in [0.5, 0.6) is 0 Å². The van der Waals surface area contributed by atoms with Gasteiger partial charge in [-0.2, -0.15) is 0 Å². The third kappa shape index (κ3) is 58.8. The molecule has 0 saturated heterocycles. The zero-order valence-electron chi connectivity index (χ0n) is 47.6. The van der Waals surface area contributed by atoms with Crippen LogP contribution in [-0.4, -0.2) is 37.2 Å². The molecule has 0 bridgehead atoms. The molecular formula is C67H112O6. The zero-order chi connectivity index (χ0) is 52.9. The summed E-state index contributed by atoms with van der Waals surface area (Å²) in [5.41, 5.74) is 0. The number of carbonyl (C=O) groups is 3. The summed E-state index contributed by atoms with van der Waals surface area (Å²) in [6.45, 7) is 6.36. The summed E-state index contributed by atoms with van der Waals surface area (Å²) in [5, 5.41) is 0. The van der Waals surface area contributed by atoms with Crippen molar-refractivity contribution in [3.63, 3.8) is 0 Å². The van der Waals surface area contributed by atoms with Crippen molar-refractivity contribution in [3.05, 3.63) is 109 Å². The largest absolute Gasteiger partial charge is 0.462 e. The van der Waals surface area contributed by atoms with Crippen LogP contribution in [0.25, 0.3) is 0 Å². The normalized spacial score (nSPS) is 12.9. The maximum absolute atomic E-state index is 12.9. The highest BCUT2D eigenvalue weighted by molar-refractivity contribution is 5.71. The fourth-order valence-electron chi connectivity index (χ4n) is 8.31. The Balaban J connectivity index is 4.46. The summed E-state index contributed by atoms with van der Waals surface area (Å²) < 4.78 is 16.8. The molecule has 0 aliphatic rings. The van der Waals surface area contributed by atoms with E-state index in [1.807, 2.05) is 6.08 Å². The van der Waals surface area contributed by atoms with Crippen LogP contribution in [0.15, 0.2) is 109 Å². The molecule has 73 heavy (non-hydrogen) atoms. The van der Waals surface area contributed by atoms with Crippen molar-refractivity contribution in [3.8, 4) is 0 Å². The van der Waals surface area contributed by atoms with Gasteiger partial charge < -0.3 is 14.2 Å². The van der Waals surface area contributed by atoms with Crippen molar-refractivity contribution < 1.29 is 28.6 Å². The average molecular weight is 1010 g/mol. The Morgan fingerprint density at radius 1 is 0.288 bits per heavy atom. The molecule has 0 radical (unpaired) electrons. The molecule has 0 aromatic rings. The van der Waals surface area contributed by atoms with Gasteiger partial charge in [0.05, 0.1) is 0 Å². The maximum atomic E-state index is 12.9. The first-order valence-corrected chi connectivity index (χ1v) is 30.4.